The van der Waals surface area contributed by atoms with Crippen molar-refractivity contribution in [2.24, 2.45) is 11.7 Å². The van der Waals surface area contributed by atoms with E-state index < -0.39 is 0 Å². The molecule has 1 unspecified atom stereocenters. The van der Waals surface area contributed by atoms with Crippen molar-refractivity contribution >= 4 is 5.91 Å². The number of carbonyl (C=O) groups is 1. The largest absolute Gasteiger partial charge is 0.356 e. The normalized spacial score (nSPS) is 12.2. The molecule has 1 rings (SSSR count). The van der Waals surface area contributed by atoms with E-state index in [9.17, 15) is 4.79 Å². The monoisotopic (exact) mass is 234 g/mol. The number of rotatable bonds is 6. The molecule has 17 heavy (non-hydrogen) atoms. The zero-order chi connectivity index (χ0) is 12.7. The van der Waals surface area contributed by atoms with Crippen molar-refractivity contribution in [1.82, 2.24) is 5.32 Å². The molecule has 94 valence electrons. The fraction of sp³-hybridized carbons (Fsp3) is 0.500. The van der Waals surface area contributed by atoms with Crippen LogP contribution in [0.2, 0.25) is 0 Å². The Bertz CT molecular complexity index is 363. The first-order valence-corrected chi connectivity index (χ1v) is 6.20. The second kappa shape index (κ2) is 7.07. The molecule has 3 heteroatoms. The van der Waals surface area contributed by atoms with Gasteiger partial charge in [0.05, 0.1) is 6.42 Å². The minimum Gasteiger partial charge on any atom is -0.356 e. The lowest BCUT2D eigenvalue weighted by Crippen LogP contribution is -2.29. The van der Waals surface area contributed by atoms with Gasteiger partial charge in [0.15, 0.2) is 0 Å². The van der Waals surface area contributed by atoms with Gasteiger partial charge in [-0.25, -0.2) is 0 Å². The summed E-state index contributed by atoms with van der Waals surface area (Å²) in [7, 11) is 0. The molecule has 0 saturated heterocycles. The highest BCUT2D eigenvalue weighted by atomic mass is 16.1. The van der Waals surface area contributed by atoms with Crippen LogP contribution in [0.1, 0.15) is 31.4 Å². The van der Waals surface area contributed by atoms with Crippen molar-refractivity contribution in [3.63, 3.8) is 0 Å². The number of hydrogen-bond donors (Lipinski definition) is 2. The summed E-state index contributed by atoms with van der Waals surface area (Å²) in [6, 6.07) is 7.82. The molecule has 0 radical (unpaired) electrons. The van der Waals surface area contributed by atoms with Crippen LogP contribution >= 0.6 is 0 Å². The molecule has 0 saturated carbocycles. The summed E-state index contributed by atoms with van der Waals surface area (Å²) < 4.78 is 0. The van der Waals surface area contributed by atoms with Crippen LogP contribution in [-0.4, -0.2) is 12.5 Å². The van der Waals surface area contributed by atoms with Gasteiger partial charge in [0.1, 0.15) is 0 Å². The van der Waals surface area contributed by atoms with E-state index in [1.54, 1.807) is 0 Å². The van der Waals surface area contributed by atoms with Gasteiger partial charge in [-0.3, -0.25) is 4.79 Å². The molecular formula is C14H22N2O. The molecule has 1 aromatic carbocycles. The van der Waals surface area contributed by atoms with E-state index in [1.807, 2.05) is 24.3 Å². The maximum Gasteiger partial charge on any atom is 0.224 e. The van der Waals surface area contributed by atoms with Crippen LogP contribution in [0.15, 0.2) is 24.3 Å². The Balaban J connectivity index is 2.50. The van der Waals surface area contributed by atoms with Crippen molar-refractivity contribution in [2.45, 2.75) is 33.2 Å². The Hall–Kier alpha value is -1.35. The fourth-order valence-electron chi connectivity index (χ4n) is 1.60. The summed E-state index contributed by atoms with van der Waals surface area (Å²) in [5.74, 6) is 0.606. The number of nitrogens with one attached hydrogen (secondary N) is 1. The van der Waals surface area contributed by atoms with Gasteiger partial charge in [-0.1, -0.05) is 44.5 Å². The van der Waals surface area contributed by atoms with Crippen molar-refractivity contribution in [3.8, 4) is 0 Å². The van der Waals surface area contributed by atoms with Crippen LogP contribution in [-0.2, 0) is 17.8 Å². The van der Waals surface area contributed by atoms with E-state index in [0.717, 1.165) is 24.1 Å². The molecule has 0 aliphatic heterocycles. The number of benzene rings is 1. The second-order valence-electron chi connectivity index (χ2n) is 4.47. The van der Waals surface area contributed by atoms with Gasteiger partial charge in [-0.2, -0.15) is 0 Å². The minimum absolute atomic E-state index is 0.0752. The third-order valence-electron chi connectivity index (χ3n) is 3.03. The molecule has 0 aliphatic carbocycles. The SMILES string of the molecule is CCC(C)CNC(=O)Cc1ccccc1CN. The lowest BCUT2D eigenvalue weighted by Gasteiger charge is -2.11. The first-order valence-electron chi connectivity index (χ1n) is 6.20. The Morgan fingerprint density at radius 3 is 2.59 bits per heavy atom. The van der Waals surface area contributed by atoms with E-state index in [2.05, 4.69) is 19.2 Å². The zero-order valence-corrected chi connectivity index (χ0v) is 10.7. The van der Waals surface area contributed by atoms with Gasteiger partial charge in [0.2, 0.25) is 5.91 Å². The topological polar surface area (TPSA) is 55.1 Å². The predicted molar refractivity (Wildman–Crippen MR) is 70.5 cm³/mol. The van der Waals surface area contributed by atoms with Gasteiger partial charge in [0.25, 0.3) is 0 Å². The molecule has 1 amide bonds. The van der Waals surface area contributed by atoms with Crippen molar-refractivity contribution in [1.29, 1.82) is 0 Å². The third-order valence-corrected chi connectivity index (χ3v) is 3.03. The first kappa shape index (κ1) is 13.7. The molecule has 0 spiro atoms. The summed E-state index contributed by atoms with van der Waals surface area (Å²) in [5.41, 5.74) is 7.71. The van der Waals surface area contributed by atoms with Crippen LogP contribution < -0.4 is 11.1 Å². The van der Waals surface area contributed by atoms with E-state index in [1.165, 1.54) is 0 Å². The Morgan fingerprint density at radius 2 is 2.00 bits per heavy atom. The maximum atomic E-state index is 11.7. The molecule has 1 atom stereocenters. The van der Waals surface area contributed by atoms with E-state index in [4.69, 9.17) is 5.73 Å². The lowest BCUT2D eigenvalue weighted by molar-refractivity contribution is -0.120. The van der Waals surface area contributed by atoms with Crippen molar-refractivity contribution in [2.75, 3.05) is 6.54 Å². The molecule has 3 nitrogen and oxygen atoms in total. The molecule has 0 aromatic heterocycles. The number of hydrogen-bond acceptors (Lipinski definition) is 2. The second-order valence-corrected chi connectivity index (χ2v) is 4.47. The van der Waals surface area contributed by atoms with Gasteiger partial charge in [-0.05, 0) is 17.0 Å². The highest BCUT2D eigenvalue weighted by Gasteiger charge is 2.07. The van der Waals surface area contributed by atoms with Gasteiger partial charge in [0, 0.05) is 13.1 Å². The molecule has 0 heterocycles. The smallest absolute Gasteiger partial charge is 0.224 e. The summed E-state index contributed by atoms with van der Waals surface area (Å²) in [6.07, 6.45) is 1.50. The summed E-state index contributed by atoms with van der Waals surface area (Å²) in [4.78, 5) is 11.7. The summed E-state index contributed by atoms with van der Waals surface area (Å²) >= 11 is 0. The highest BCUT2D eigenvalue weighted by Crippen LogP contribution is 2.08. The van der Waals surface area contributed by atoms with E-state index in [0.29, 0.717) is 18.9 Å². The Labute approximate surface area is 103 Å². The Morgan fingerprint density at radius 1 is 1.35 bits per heavy atom. The third kappa shape index (κ3) is 4.57. The molecule has 3 N–H and O–H groups in total. The maximum absolute atomic E-state index is 11.7. The summed E-state index contributed by atoms with van der Waals surface area (Å²) in [6.45, 7) is 5.49. The standard InChI is InChI=1S/C14H22N2O/c1-3-11(2)10-16-14(17)8-12-6-4-5-7-13(12)9-15/h4-7,11H,3,8-10,15H2,1-2H3,(H,16,17). The van der Waals surface area contributed by atoms with Crippen molar-refractivity contribution in [3.05, 3.63) is 35.4 Å². The average Bonchev–Trinajstić information content (AvgIpc) is 2.36. The fourth-order valence-corrected chi connectivity index (χ4v) is 1.60. The Kier molecular flexibility index (Phi) is 5.70. The van der Waals surface area contributed by atoms with Crippen molar-refractivity contribution < 1.29 is 4.79 Å². The van der Waals surface area contributed by atoms with Crippen LogP contribution in [0.25, 0.3) is 0 Å². The van der Waals surface area contributed by atoms with Crippen LogP contribution in [0, 0.1) is 5.92 Å². The molecule has 1 aromatic rings. The van der Waals surface area contributed by atoms with E-state index >= 15 is 0 Å². The van der Waals surface area contributed by atoms with Gasteiger partial charge in [-0.15, -0.1) is 0 Å². The van der Waals surface area contributed by atoms with Gasteiger partial charge < -0.3 is 11.1 Å². The molecule has 0 fully saturated rings. The molecular weight excluding hydrogens is 212 g/mol. The van der Waals surface area contributed by atoms with E-state index in [-0.39, 0.29) is 5.91 Å². The quantitative estimate of drug-likeness (QED) is 0.789. The lowest BCUT2D eigenvalue weighted by atomic mass is 10.0. The highest BCUT2D eigenvalue weighted by molar-refractivity contribution is 5.78. The molecule has 0 aliphatic rings. The first-order chi connectivity index (χ1) is 8.17. The van der Waals surface area contributed by atoms with Gasteiger partial charge >= 0.3 is 0 Å². The predicted octanol–water partition coefficient (Wildman–Crippen LogP) is 1.85. The molecule has 0 bridgehead atoms. The van der Waals surface area contributed by atoms with Crippen LogP contribution in [0.5, 0.6) is 0 Å². The van der Waals surface area contributed by atoms with Crippen LogP contribution in [0.4, 0.5) is 0 Å². The number of amides is 1. The number of nitrogens with two attached hydrogens (primary N) is 1. The summed E-state index contributed by atoms with van der Waals surface area (Å²) in [5, 5.41) is 2.95. The average molecular weight is 234 g/mol. The van der Waals surface area contributed by atoms with Crippen LogP contribution in [0.3, 0.4) is 0 Å². The minimum atomic E-state index is 0.0752. The number of carbonyl (C=O) groups excluding carboxylic acids is 1. The zero-order valence-electron chi connectivity index (χ0n) is 10.7.